The number of thiazole rings is 1. The molecule has 6 heteroatoms. The lowest BCUT2D eigenvalue weighted by Crippen LogP contribution is -2.41. The molecular formula is C20H22ClN3OS. The summed E-state index contributed by atoms with van der Waals surface area (Å²) in [6.07, 6.45) is 7.18. The number of halogens is 1. The third-order valence-corrected chi connectivity index (χ3v) is 6.36. The second kappa shape index (κ2) is 7.41. The molecule has 26 heavy (non-hydrogen) atoms. The molecule has 1 aliphatic rings. The monoisotopic (exact) mass is 387 g/mol. The van der Waals surface area contributed by atoms with Crippen molar-refractivity contribution < 1.29 is 4.79 Å². The Labute approximate surface area is 162 Å². The summed E-state index contributed by atoms with van der Waals surface area (Å²) in [7, 11) is 0. The number of carbonyl (C=O) groups excluding carboxylic acids is 1. The number of nitrogens with zero attached hydrogens (tertiary/aromatic N) is 2. The number of aromatic nitrogens is 2. The van der Waals surface area contributed by atoms with Gasteiger partial charge in [0, 0.05) is 33.9 Å². The Kier molecular flexibility index (Phi) is 5.00. The van der Waals surface area contributed by atoms with Crippen LogP contribution in [0.2, 0.25) is 5.02 Å². The minimum absolute atomic E-state index is 0.102. The van der Waals surface area contributed by atoms with Gasteiger partial charge in [-0.25, -0.2) is 4.98 Å². The van der Waals surface area contributed by atoms with E-state index in [4.69, 9.17) is 11.6 Å². The number of carbonyl (C=O) groups is 1. The minimum atomic E-state index is 0.102. The van der Waals surface area contributed by atoms with Gasteiger partial charge in [0.15, 0.2) is 4.96 Å². The van der Waals surface area contributed by atoms with Crippen molar-refractivity contribution in [2.24, 2.45) is 5.92 Å². The van der Waals surface area contributed by atoms with Gasteiger partial charge >= 0.3 is 0 Å². The number of rotatable bonds is 4. The van der Waals surface area contributed by atoms with Gasteiger partial charge in [-0.3, -0.25) is 9.20 Å². The Bertz CT molecular complexity index is 915. The number of nitrogens with one attached hydrogen (secondary N) is 1. The average molecular weight is 388 g/mol. The standard InChI is InChI=1S/C20H22ClN3OS/c1-13-4-2-3-5-17(13)22-19(25)10-16-12-26-20-23-18(11-24(16)20)14-6-8-15(21)9-7-14/h6-9,11-13,17H,2-5,10H2,1H3,(H,22,25)/t13-,17-/m1/s1. The molecule has 0 radical (unpaired) electrons. The maximum absolute atomic E-state index is 12.5. The van der Waals surface area contributed by atoms with Crippen LogP contribution in [0.5, 0.6) is 0 Å². The molecule has 4 nitrogen and oxygen atoms in total. The van der Waals surface area contributed by atoms with Crippen molar-refractivity contribution in [2.75, 3.05) is 0 Å². The van der Waals surface area contributed by atoms with Crippen molar-refractivity contribution in [1.82, 2.24) is 14.7 Å². The fourth-order valence-electron chi connectivity index (χ4n) is 3.67. The van der Waals surface area contributed by atoms with Gasteiger partial charge in [0.2, 0.25) is 5.91 Å². The zero-order valence-corrected chi connectivity index (χ0v) is 16.3. The normalized spacial score (nSPS) is 20.4. The first kappa shape index (κ1) is 17.6. The number of hydrogen-bond acceptors (Lipinski definition) is 3. The smallest absolute Gasteiger partial charge is 0.226 e. The van der Waals surface area contributed by atoms with Crippen LogP contribution in [-0.2, 0) is 11.2 Å². The number of benzene rings is 1. The molecule has 1 N–H and O–H groups in total. The van der Waals surface area contributed by atoms with E-state index in [2.05, 4.69) is 17.2 Å². The lowest BCUT2D eigenvalue weighted by Gasteiger charge is -2.29. The van der Waals surface area contributed by atoms with Crippen molar-refractivity contribution in [3.05, 3.63) is 46.6 Å². The maximum Gasteiger partial charge on any atom is 0.226 e. The summed E-state index contributed by atoms with van der Waals surface area (Å²) >= 11 is 7.53. The van der Waals surface area contributed by atoms with E-state index in [1.807, 2.05) is 40.2 Å². The van der Waals surface area contributed by atoms with Gasteiger partial charge in [-0.15, -0.1) is 11.3 Å². The Morgan fingerprint density at radius 1 is 1.31 bits per heavy atom. The zero-order chi connectivity index (χ0) is 18.1. The summed E-state index contributed by atoms with van der Waals surface area (Å²) in [4.78, 5) is 18.1. The van der Waals surface area contributed by atoms with Crippen LogP contribution in [0.15, 0.2) is 35.8 Å². The highest BCUT2D eigenvalue weighted by Crippen LogP contribution is 2.26. The molecular weight excluding hydrogens is 366 g/mol. The van der Waals surface area contributed by atoms with Crippen LogP contribution in [0.4, 0.5) is 0 Å². The van der Waals surface area contributed by atoms with Gasteiger partial charge in [0.25, 0.3) is 0 Å². The van der Waals surface area contributed by atoms with E-state index in [1.165, 1.54) is 19.3 Å². The van der Waals surface area contributed by atoms with Crippen molar-refractivity contribution in [3.63, 3.8) is 0 Å². The predicted molar refractivity (Wildman–Crippen MR) is 107 cm³/mol. The van der Waals surface area contributed by atoms with Crippen molar-refractivity contribution in [3.8, 4) is 11.3 Å². The van der Waals surface area contributed by atoms with E-state index in [0.29, 0.717) is 23.4 Å². The number of amides is 1. The lowest BCUT2D eigenvalue weighted by atomic mass is 9.86. The Hall–Kier alpha value is -1.85. The molecule has 2 heterocycles. The molecule has 1 aromatic carbocycles. The van der Waals surface area contributed by atoms with E-state index in [-0.39, 0.29) is 5.91 Å². The molecule has 0 bridgehead atoms. The SMILES string of the molecule is C[C@@H]1CCCC[C@H]1NC(=O)Cc1csc2nc(-c3ccc(Cl)cc3)cn12. The van der Waals surface area contributed by atoms with Gasteiger partial charge in [0.1, 0.15) is 0 Å². The van der Waals surface area contributed by atoms with Crippen LogP contribution in [0.1, 0.15) is 38.3 Å². The summed E-state index contributed by atoms with van der Waals surface area (Å²) < 4.78 is 2.03. The first-order chi connectivity index (χ1) is 12.6. The van der Waals surface area contributed by atoms with Crippen LogP contribution in [-0.4, -0.2) is 21.3 Å². The molecule has 1 fully saturated rings. The third-order valence-electron chi connectivity index (χ3n) is 5.22. The molecule has 2 atom stereocenters. The molecule has 0 saturated heterocycles. The van der Waals surface area contributed by atoms with Gasteiger partial charge < -0.3 is 5.32 Å². The minimum Gasteiger partial charge on any atom is -0.353 e. The van der Waals surface area contributed by atoms with Crippen LogP contribution in [0.3, 0.4) is 0 Å². The maximum atomic E-state index is 12.5. The quantitative estimate of drug-likeness (QED) is 0.688. The van der Waals surface area contributed by atoms with Crippen LogP contribution in [0.25, 0.3) is 16.2 Å². The number of imidazole rings is 1. The molecule has 1 aliphatic carbocycles. The molecule has 136 valence electrons. The first-order valence-electron chi connectivity index (χ1n) is 9.11. The van der Waals surface area contributed by atoms with Gasteiger partial charge in [-0.2, -0.15) is 0 Å². The highest BCUT2D eigenvalue weighted by molar-refractivity contribution is 7.15. The fraction of sp³-hybridized carbons (Fsp3) is 0.400. The van der Waals surface area contributed by atoms with Crippen LogP contribution < -0.4 is 5.32 Å². The van der Waals surface area contributed by atoms with Gasteiger partial charge in [0.05, 0.1) is 12.1 Å². The van der Waals surface area contributed by atoms with E-state index < -0.39 is 0 Å². The summed E-state index contributed by atoms with van der Waals surface area (Å²) in [5.41, 5.74) is 2.91. The molecule has 3 aromatic rings. The average Bonchev–Trinajstić information content (AvgIpc) is 3.20. The largest absolute Gasteiger partial charge is 0.353 e. The van der Waals surface area contributed by atoms with Gasteiger partial charge in [-0.1, -0.05) is 43.5 Å². The van der Waals surface area contributed by atoms with E-state index in [9.17, 15) is 4.79 Å². The van der Waals surface area contributed by atoms with Crippen molar-refractivity contribution >= 4 is 33.8 Å². The summed E-state index contributed by atoms with van der Waals surface area (Å²) in [5, 5.41) is 5.97. The highest BCUT2D eigenvalue weighted by Gasteiger charge is 2.23. The number of hydrogen-bond donors (Lipinski definition) is 1. The Morgan fingerprint density at radius 3 is 2.85 bits per heavy atom. The van der Waals surface area contributed by atoms with E-state index in [1.54, 1.807) is 11.3 Å². The van der Waals surface area contributed by atoms with E-state index >= 15 is 0 Å². The molecule has 4 rings (SSSR count). The summed E-state index contributed by atoms with van der Waals surface area (Å²) in [6.45, 7) is 2.24. The predicted octanol–water partition coefficient (Wildman–Crippen LogP) is 4.95. The van der Waals surface area contributed by atoms with Gasteiger partial charge in [-0.05, 0) is 30.9 Å². The van der Waals surface area contributed by atoms with Crippen molar-refractivity contribution in [1.29, 1.82) is 0 Å². The van der Waals surface area contributed by atoms with Crippen LogP contribution in [0, 0.1) is 5.92 Å². The van der Waals surface area contributed by atoms with E-state index in [0.717, 1.165) is 28.3 Å². The summed E-state index contributed by atoms with van der Waals surface area (Å²) in [5.74, 6) is 0.671. The second-order valence-electron chi connectivity index (χ2n) is 7.13. The first-order valence-corrected chi connectivity index (χ1v) is 10.4. The summed E-state index contributed by atoms with van der Waals surface area (Å²) in [6, 6.07) is 7.98. The molecule has 1 saturated carbocycles. The fourth-order valence-corrected chi connectivity index (χ4v) is 4.67. The Morgan fingerprint density at radius 2 is 2.08 bits per heavy atom. The molecule has 0 spiro atoms. The lowest BCUT2D eigenvalue weighted by molar-refractivity contribution is -0.121. The third kappa shape index (κ3) is 3.64. The molecule has 1 amide bonds. The molecule has 2 aromatic heterocycles. The van der Waals surface area contributed by atoms with Crippen LogP contribution >= 0.6 is 22.9 Å². The molecule has 0 unspecified atom stereocenters. The Balaban J connectivity index is 1.50. The van der Waals surface area contributed by atoms with Crippen molar-refractivity contribution in [2.45, 2.75) is 45.1 Å². The zero-order valence-electron chi connectivity index (χ0n) is 14.7. The highest BCUT2D eigenvalue weighted by atomic mass is 35.5. The number of fused-ring (bicyclic) bond motifs is 1. The second-order valence-corrected chi connectivity index (χ2v) is 8.40. The molecule has 0 aliphatic heterocycles. The topological polar surface area (TPSA) is 46.4 Å².